The summed E-state index contributed by atoms with van der Waals surface area (Å²) in [7, 11) is 0.500. The number of fused-ring (bicyclic) bond motifs is 6. The Kier molecular flexibility index (Phi) is 7.17. The summed E-state index contributed by atoms with van der Waals surface area (Å²) in [6.07, 6.45) is 3.41. The van der Waals surface area contributed by atoms with Crippen molar-refractivity contribution in [3.05, 3.63) is 58.9 Å². The van der Waals surface area contributed by atoms with Gasteiger partial charge in [0, 0.05) is 17.0 Å². The average molecular weight is 381 g/mol. The van der Waals surface area contributed by atoms with E-state index in [1.165, 1.54) is 44.8 Å². The molecule has 0 N–H and O–H groups in total. The molecule has 0 amide bonds. The quantitative estimate of drug-likeness (QED) is 0.309. The molecule has 150 valence electrons. The first-order valence-electron chi connectivity index (χ1n) is 10.1. The van der Waals surface area contributed by atoms with Gasteiger partial charge >= 0.3 is 0 Å². The van der Waals surface area contributed by atoms with Gasteiger partial charge in [-0.05, 0) is 49.3 Å². The third-order valence-corrected chi connectivity index (χ3v) is 4.74. The zero-order chi connectivity index (χ0) is 21.0. The minimum Gasteiger partial charge on any atom is -0.299 e. The molecule has 0 radical (unpaired) electrons. The van der Waals surface area contributed by atoms with E-state index in [0.717, 1.165) is 11.3 Å². The largest absolute Gasteiger partial charge is 0.299 e. The van der Waals surface area contributed by atoms with Crippen LogP contribution in [-0.4, -0.2) is 16.6 Å². The smallest absolute Gasteiger partial charge is 0.145 e. The lowest BCUT2D eigenvalue weighted by molar-refractivity contribution is 0.636. The van der Waals surface area contributed by atoms with Gasteiger partial charge in [0.2, 0.25) is 0 Å². The van der Waals surface area contributed by atoms with Crippen molar-refractivity contribution >= 4 is 27.3 Å². The molecule has 2 nitrogen and oxygen atoms in total. The maximum atomic E-state index is 9.50. The molecule has 0 saturated carbocycles. The Balaban J connectivity index is 0.000000514. The number of nitrogens with zero attached hydrogens (tertiary/aromatic N) is 2. The van der Waals surface area contributed by atoms with Crippen molar-refractivity contribution in [2.24, 2.45) is 0 Å². The summed E-state index contributed by atoms with van der Waals surface area (Å²) in [6.45, 7) is 15.2. The summed E-state index contributed by atoms with van der Waals surface area (Å²) in [4.78, 5) is 4.86. The van der Waals surface area contributed by atoms with E-state index in [-0.39, 0.29) is 0 Å². The highest BCUT2D eigenvalue weighted by atomic mass is 19.1. The van der Waals surface area contributed by atoms with Gasteiger partial charge in [-0.1, -0.05) is 63.9 Å². The van der Waals surface area contributed by atoms with Crippen molar-refractivity contribution in [3.8, 4) is 0 Å². The topological polar surface area (TPSA) is 17.3 Å². The predicted octanol–water partition coefficient (Wildman–Crippen LogP) is 7.69. The van der Waals surface area contributed by atoms with E-state index in [0.29, 0.717) is 13.1 Å². The van der Waals surface area contributed by atoms with Crippen LogP contribution in [0.3, 0.4) is 0 Å². The molecule has 0 aliphatic heterocycles. The zero-order valence-electron chi connectivity index (χ0n) is 18.5. The van der Waals surface area contributed by atoms with Crippen molar-refractivity contribution in [3.63, 3.8) is 0 Å². The van der Waals surface area contributed by atoms with Crippen LogP contribution in [0.25, 0.3) is 27.3 Å². The number of aromatic nitrogens is 2. The normalized spacial score (nSPS) is 10.8. The van der Waals surface area contributed by atoms with Crippen LogP contribution in [0, 0.1) is 20.8 Å². The molecule has 2 aromatic carbocycles. The summed E-state index contributed by atoms with van der Waals surface area (Å²) in [6, 6.07) is 11.2. The number of hydrogen-bond donors (Lipinski definition) is 0. The molecule has 4 aromatic rings. The van der Waals surface area contributed by atoms with E-state index in [4.69, 9.17) is 4.98 Å². The van der Waals surface area contributed by atoms with Gasteiger partial charge in [0.05, 0.1) is 18.4 Å². The maximum absolute atomic E-state index is 9.50. The number of alkyl halides is 1. The molecule has 28 heavy (non-hydrogen) atoms. The molecule has 0 spiro atoms. The number of imidazole rings is 1. The number of halogens is 1. The van der Waals surface area contributed by atoms with Gasteiger partial charge < -0.3 is 0 Å². The van der Waals surface area contributed by atoms with Gasteiger partial charge in [0.15, 0.2) is 0 Å². The molecule has 3 heteroatoms. The second-order valence-corrected chi connectivity index (χ2v) is 7.69. The van der Waals surface area contributed by atoms with Crippen molar-refractivity contribution < 1.29 is 4.39 Å². The molecule has 0 saturated heterocycles. The minimum absolute atomic E-state index is 0.475. The summed E-state index contributed by atoms with van der Waals surface area (Å²) in [5.41, 5.74) is 7.42. The molecule has 0 fully saturated rings. The molecular weight excluding hydrogens is 347 g/mol. The highest BCUT2D eigenvalue weighted by Crippen LogP contribution is 2.36. The first kappa shape index (κ1) is 21.9. The van der Waals surface area contributed by atoms with Crippen LogP contribution < -0.4 is 0 Å². The predicted molar refractivity (Wildman–Crippen MR) is 122 cm³/mol. The SMILES string of the molecule is CCC.CF.Cc1cc(C)c2c(c1)c1cccc(C(C)C)c1c1nc(C)cn12. The molecule has 2 heterocycles. The number of benzene rings is 2. The second-order valence-electron chi connectivity index (χ2n) is 7.69. The number of pyridine rings is 1. The van der Waals surface area contributed by atoms with E-state index in [9.17, 15) is 4.39 Å². The Morgan fingerprint density at radius 2 is 1.64 bits per heavy atom. The van der Waals surface area contributed by atoms with E-state index < -0.39 is 0 Å². The minimum atomic E-state index is 0.475. The summed E-state index contributed by atoms with van der Waals surface area (Å²) < 4.78 is 11.8. The number of rotatable bonds is 1. The van der Waals surface area contributed by atoms with E-state index in [1.54, 1.807) is 0 Å². The zero-order valence-corrected chi connectivity index (χ0v) is 18.5. The van der Waals surface area contributed by atoms with E-state index in [1.807, 2.05) is 0 Å². The molecule has 0 aliphatic carbocycles. The van der Waals surface area contributed by atoms with Crippen LogP contribution >= 0.6 is 0 Å². The Morgan fingerprint density at radius 1 is 1.00 bits per heavy atom. The van der Waals surface area contributed by atoms with Gasteiger partial charge in [-0.2, -0.15) is 0 Å². The molecule has 0 atom stereocenters. The Morgan fingerprint density at radius 3 is 2.25 bits per heavy atom. The summed E-state index contributed by atoms with van der Waals surface area (Å²) in [5.74, 6) is 0.475. The first-order chi connectivity index (χ1) is 13.4. The Labute approximate surface area is 168 Å². The average Bonchev–Trinajstić information content (AvgIpc) is 3.04. The van der Waals surface area contributed by atoms with Crippen LogP contribution in [0.2, 0.25) is 0 Å². The Hall–Kier alpha value is -2.42. The molecule has 4 rings (SSSR count). The molecule has 2 aromatic heterocycles. The lowest BCUT2D eigenvalue weighted by Gasteiger charge is -2.16. The summed E-state index contributed by atoms with van der Waals surface area (Å²) >= 11 is 0. The summed E-state index contributed by atoms with van der Waals surface area (Å²) in [5, 5.41) is 3.94. The van der Waals surface area contributed by atoms with Gasteiger partial charge in [-0.25, -0.2) is 4.98 Å². The van der Waals surface area contributed by atoms with E-state index in [2.05, 4.69) is 89.4 Å². The van der Waals surface area contributed by atoms with Crippen LogP contribution in [-0.2, 0) is 0 Å². The standard InChI is InChI=1S/C21H22N2.C3H8.CH3F/c1-12(2)16-7-6-8-17-18-10-13(3)9-14(4)20(18)23-11-15(5)22-21(23)19(16)17;1-3-2;1-2/h6-12H,1-5H3;3H2,1-2H3;1H3. The van der Waals surface area contributed by atoms with Gasteiger partial charge in [-0.15, -0.1) is 0 Å². The maximum Gasteiger partial charge on any atom is 0.145 e. The second kappa shape index (κ2) is 9.18. The van der Waals surface area contributed by atoms with Gasteiger partial charge in [0.1, 0.15) is 5.65 Å². The van der Waals surface area contributed by atoms with Gasteiger partial charge in [-0.3, -0.25) is 8.79 Å². The third kappa shape index (κ3) is 3.89. The van der Waals surface area contributed by atoms with Crippen molar-refractivity contribution in [1.82, 2.24) is 9.38 Å². The van der Waals surface area contributed by atoms with E-state index >= 15 is 0 Å². The van der Waals surface area contributed by atoms with Crippen molar-refractivity contribution in [2.45, 2.75) is 60.8 Å². The van der Waals surface area contributed by atoms with Crippen LogP contribution in [0.1, 0.15) is 62.4 Å². The molecule has 0 aliphatic rings. The fourth-order valence-corrected chi connectivity index (χ4v) is 3.85. The highest BCUT2D eigenvalue weighted by molar-refractivity contribution is 6.13. The molecule has 0 unspecified atom stereocenters. The molecule has 0 bridgehead atoms. The van der Waals surface area contributed by atoms with Crippen molar-refractivity contribution in [2.75, 3.05) is 7.18 Å². The lowest BCUT2D eigenvalue weighted by atomic mass is 9.93. The van der Waals surface area contributed by atoms with Gasteiger partial charge in [0.25, 0.3) is 0 Å². The third-order valence-electron chi connectivity index (χ3n) is 4.74. The van der Waals surface area contributed by atoms with Crippen LogP contribution in [0.15, 0.2) is 36.5 Å². The first-order valence-corrected chi connectivity index (χ1v) is 10.1. The number of aryl methyl sites for hydroxylation is 3. The number of hydrogen-bond acceptors (Lipinski definition) is 1. The lowest BCUT2D eigenvalue weighted by Crippen LogP contribution is -1.97. The van der Waals surface area contributed by atoms with Crippen molar-refractivity contribution in [1.29, 1.82) is 0 Å². The fraction of sp³-hybridized carbons (Fsp3) is 0.400. The fourth-order valence-electron chi connectivity index (χ4n) is 3.85. The Bertz CT molecular complexity index is 1090. The molecular formula is C25H33FN2. The highest BCUT2D eigenvalue weighted by Gasteiger charge is 2.16. The van der Waals surface area contributed by atoms with Crippen LogP contribution in [0.4, 0.5) is 4.39 Å². The van der Waals surface area contributed by atoms with Crippen LogP contribution in [0.5, 0.6) is 0 Å². The monoisotopic (exact) mass is 380 g/mol.